The van der Waals surface area contributed by atoms with Crippen LogP contribution in [0.4, 0.5) is 0 Å². The van der Waals surface area contributed by atoms with Crippen LogP contribution in [0.2, 0.25) is 0 Å². The first-order chi connectivity index (χ1) is 8.97. The van der Waals surface area contributed by atoms with Gasteiger partial charge in [-0.05, 0) is 39.9 Å². The van der Waals surface area contributed by atoms with Crippen LogP contribution < -0.4 is 0 Å². The molecule has 1 saturated heterocycles. The minimum Gasteiger partial charge on any atom is -0.478 e. The molecule has 0 aliphatic carbocycles. The molecule has 1 fully saturated rings. The zero-order valence-corrected chi connectivity index (χ0v) is 11.8. The van der Waals surface area contributed by atoms with Crippen molar-refractivity contribution in [1.29, 1.82) is 0 Å². The fourth-order valence-corrected chi connectivity index (χ4v) is 2.65. The molecule has 1 N–H and O–H groups in total. The summed E-state index contributed by atoms with van der Waals surface area (Å²) in [6.45, 7) is 4.47. The Kier molecular flexibility index (Phi) is 4.27. The monoisotopic (exact) mass is 266 g/mol. The van der Waals surface area contributed by atoms with Crippen LogP contribution in [0.1, 0.15) is 34.7 Å². The third kappa shape index (κ3) is 3.36. The van der Waals surface area contributed by atoms with Crippen molar-refractivity contribution in [1.82, 2.24) is 9.80 Å². The Labute approximate surface area is 113 Å². The van der Waals surface area contributed by atoms with Gasteiger partial charge in [-0.3, -0.25) is 4.90 Å². The molecule has 0 bridgehead atoms. The molecule has 0 atom stereocenters. The molecule has 0 spiro atoms. The molecular formula is C14H22N2O3. The second-order valence-corrected chi connectivity index (χ2v) is 5.46. The van der Waals surface area contributed by atoms with E-state index in [1.165, 1.54) is 0 Å². The number of carboxylic acids is 1. The van der Waals surface area contributed by atoms with Gasteiger partial charge in [-0.1, -0.05) is 0 Å². The average Bonchev–Trinajstić information content (AvgIpc) is 2.71. The van der Waals surface area contributed by atoms with Crippen molar-refractivity contribution in [3.05, 3.63) is 23.2 Å². The predicted molar refractivity (Wildman–Crippen MR) is 72.4 cm³/mol. The SMILES string of the molecule is Cc1oc(CN2CCC(N(C)C)CC2)cc1C(=O)O. The summed E-state index contributed by atoms with van der Waals surface area (Å²) in [7, 11) is 4.24. The van der Waals surface area contributed by atoms with E-state index in [-0.39, 0.29) is 5.56 Å². The number of rotatable bonds is 4. The van der Waals surface area contributed by atoms with Crippen molar-refractivity contribution >= 4 is 5.97 Å². The number of nitrogens with zero attached hydrogens (tertiary/aromatic N) is 2. The molecule has 1 aliphatic heterocycles. The zero-order chi connectivity index (χ0) is 14.0. The number of carbonyl (C=O) groups is 1. The maximum Gasteiger partial charge on any atom is 0.339 e. The van der Waals surface area contributed by atoms with Crippen molar-refractivity contribution in [2.24, 2.45) is 0 Å². The summed E-state index contributed by atoms with van der Waals surface area (Å²) in [5, 5.41) is 9.00. The number of likely N-dealkylation sites (tertiary alicyclic amines) is 1. The molecule has 5 nitrogen and oxygen atoms in total. The second kappa shape index (κ2) is 5.75. The minimum absolute atomic E-state index is 0.276. The smallest absolute Gasteiger partial charge is 0.339 e. The Morgan fingerprint density at radius 2 is 2.11 bits per heavy atom. The summed E-state index contributed by atoms with van der Waals surface area (Å²) in [5.74, 6) is 0.322. The van der Waals surface area contributed by atoms with Crippen LogP contribution >= 0.6 is 0 Å². The second-order valence-electron chi connectivity index (χ2n) is 5.46. The van der Waals surface area contributed by atoms with E-state index >= 15 is 0 Å². The van der Waals surface area contributed by atoms with Crippen LogP contribution in [0, 0.1) is 6.92 Å². The molecule has 106 valence electrons. The standard InChI is InChI=1S/C14H22N2O3/c1-10-13(14(17)18)8-12(19-10)9-16-6-4-11(5-7-16)15(2)3/h8,11H,4-7,9H2,1-3H3,(H,17,18). The van der Waals surface area contributed by atoms with E-state index in [0.717, 1.165) is 31.7 Å². The van der Waals surface area contributed by atoms with E-state index < -0.39 is 5.97 Å². The number of hydrogen-bond donors (Lipinski definition) is 1. The van der Waals surface area contributed by atoms with Crippen molar-refractivity contribution in [3.63, 3.8) is 0 Å². The van der Waals surface area contributed by atoms with Crippen LogP contribution in [0.15, 0.2) is 10.5 Å². The maximum atomic E-state index is 11.0. The van der Waals surface area contributed by atoms with E-state index in [1.54, 1.807) is 13.0 Å². The van der Waals surface area contributed by atoms with Gasteiger partial charge in [0.2, 0.25) is 0 Å². The van der Waals surface area contributed by atoms with Gasteiger partial charge in [-0.2, -0.15) is 0 Å². The third-order valence-electron chi connectivity index (χ3n) is 3.87. The minimum atomic E-state index is -0.918. The predicted octanol–water partition coefficient (Wildman–Crippen LogP) is 1.81. The summed E-state index contributed by atoms with van der Waals surface area (Å²) in [6, 6.07) is 2.31. The summed E-state index contributed by atoms with van der Waals surface area (Å²) >= 11 is 0. The summed E-state index contributed by atoms with van der Waals surface area (Å²) in [4.78, 5) is 15.6. The number of aryl methyl sites for hydroxylation is 1. The highest BCUT2D eigenvalue weighted by atomic mass is 16.4. The lowest BCUT2D eigenvalue weighted by Crippen LogP contribution is -2.41. The molecule has 1 aromatic rings. The van der Waals surface area contributed by atoms with Crippen LogP contribution in [-0.2, 0) is 6.54 Å². The molecule has 2 rings (SSSR count). The van der Waals surface area contributed by atoms with Crippen molar-refractivity contribution < 1.29 is 14.3 Å². The van der Waals surface area contributed by atoms with Crippen molar-refractivity contribution in [2.45, 2.75) is 32.4 Å². The lowest BCUT2D eigenvalue weighted by molar-refractivity contribution is 0.0695. The van der Waals surface area contributed by atoms with Gasteiger partial charge < -0.3 is 14.4 Å². The van der Waals surface area contributed by atoms with Crippen molar-refractivity contribution in [3.8, 4) is 0 Å². The van der Waals surface area contributed by atoms with E-state index in [4.69, 9.17) is 9.52 Å². The van der Waals surface area contributed by atoms with E-state index in [9.17, 15) is 4.79 Å². The molecule has 1 aromatic heterocycles. The summed E-state index contributed by atoms with van der Waals surface area (Å²) in [5.41, 5.74) is 0.276. The molecule has 2 heterocycles. The van der Waals surface area contributed by atoms with Gasteiger partial charge in [0.05, 0.1) is 6.54 Å². The van der Waals surface area contributed by atoms with Gasteiger partial charge in [0.1, 0.15) is 17.1 Å². The molecule has 5 heteroatoms. The zero-order valence-electron chi connectivity index (χ0n) is 11.8. The Bertz CT molecular complexity index is 446. The van der Waals surface area contributed by atoms with Crippen LogP contribution in [0.3, 0.4) is 0 Å². The highest BCUT2D eigenvalue weighted by molar-refractivity contribution is 5.88. The number of hydrogen-bond acceptors (Lipinski definition) is 4. The Morgan fingerprint density at radius 1 is 1.47 bits per heavy atom. The van der Waals surface area contributed by atoms with Gasteiger partial charge >= 0.3 is 5.97 Å². The van der Waals surface area contributed by atoms with Crippen molar-refractivity contribution in [2.75, 3.05) is 27.2 Å². The molecule has 0 aromatic carbocycles. The van der Waals surface area contributed by atoms with Gasteiger partial charge in [0.25, 0.3) is 0 Å². The van der Waals surface area contributed by atoms with Gasteiger partial charge in [-0.15, -0.1) is 0 Å². The molecule has 19 heavy (non-hydrogen) atoms. The molecule has 0 unspecified atom stereocenters. The lowest BCUT2D eigenvalue weighted by Gasteiger charge is -2.34. The van der Waals surface area contributed by atoms with Gasteiger partial charge in [0.15, 0.2) is 0 Å². The molecule has 0 amide bonds. The number of aromatic carboxylic acids is 1. The maximum absolute atomic E-state index is 11.0. The van der Waals surface area contributed by atoms with Crippen LogP contribution in [-0.4, -0.2) is 54.1 Å². The number of piperidine rings is 1. The first-order valence-corrected chi connectivity index (χ1v) is 6.68. The fraction of sp³-hybridized carbons (Fsp3) is 0.643. The molecule has 1 aliphatic rings. The Balaban J connectivity index is 1.92. The average molecular weight is 266 g/mol. The summed E-state index contributed by atoms with van der Waals surface area (Å²) in [6.07, 6.45) is 2.30. The fourth-order valence-electron chi connectivity index (χ4n) is 2.65. The highest BCUT2D eigenvalue weighted by Gasteiger charge is 2.22. The lowest BCUT2D eigenvalue weighted by atomic mass is 10.0. The highest BCUT2D eigenvalue weighted by Crippen LogP contribution is 2.20. The van der Waals surface area contributed by atoms with E-state index in [2.05, 4.69) is 23.9 Å². The third-order valence-corrected chi connectivity index (χ3v) is 3.87. The first-order valence-electron chi connectivity index (χ1n) is 6.68. The molecule has 0 radical (unpaired) electrons. The van der Waals surface area contributed by atoms with Gasteiger partial charge in [-0.25, -0.2) is 4.79 Å². The quantitative estimate of drug-likeness (QED) is 0.900. The van der Waals surface area contributed by atoms with Crippen LogP contribution in [0.25, 0.3) is 0 Å². The number of carboxylic acid groups (broad SMARTS) is 1. The molecule has 0 saturated carbocycles. The Hall–Kier alpha value is -1.33. The normalized spacial score (nSPS) is 18.1. The topological polar surface area (TPSA) is 56.9 Å². The van der Waals surface area contributed by atoms with E-state index in [0.29, 0.717) is 18.3 Å². The summed E-state index contributed by atoms with van der Waals surface area (Å²) < 4.78 is 5.52. The number of furan rings is 1. The van der Waals surface area contributed by atoms with E-state index in [1.807, 2.05) is 0 Å². The van der Waals surface area contributed by atoms with Crippen LogP contribution in [0.5, 0.6) is 0 Å². The largest absolute Gasteiger partial charge is 0.478 e. The van der Waals surface area contributed by atoms with Gasteiger partial charge in [0, 0.05) is 19.1 Å². The molecular weight excluding hydrogens is 244 g/mol. The first kappa shape index (κ1) is 14.1. The Morgan fingerprint density at radius 3 is 2.58 bits per heavy atom.